The minimum absolute atomic E-state index is 0. The van der Waals surface area contributed by atoms with Crippen LogP contribution in [0.2, 0.25) is 0 Å². The molecule has 5 heteroatoms. The maximum Gasteiger partial charge on any atom is 0.191 e. The third-order valence-electron chi connectivity index (χ3n) is 3.50. The van der Waals surface area contributed by atoms with Crippen molar-refractivity contribution in [1.82, 2.24) is 10.6 Å². The van der Waals surface area contributed by atoms with Gasteiger partial charge in [0.1, 0.15) is 0 Å². The first-order valence-corrected chi connectivity index (χ1v) is 7.27. The molecule has 2 atom stereocenters. The number of methoxy groups -OCH3 is 1. The zero-order valence-electron chi connectivity index (χ0n) is 12.6. The highest BCUT2D eigenvalue weighted by Gasteiger charge is 2.18. The van der Waals surface area contributed by atoms with Gasteiger partial charge >= 0.3 is 0 Å². The highest BCUT2D eigenvalue weighted by atomic mass is 127. The summed E-state index contributed by atoms with van der Waals surface area (Å²) in [5.74, 6) is 2.57. The number of guanidine groups is 1. The van der Waals surface area contributed by atoms with Crippen LogP contribution in [0.5, 0.6) is 0 Å². The van der Waals surface area contributed by atoms with E-state index < -0.39 is 0 Å². The third kappa shape index (κ3) is 8.68. The molecule has 0 saturated heterocycles. The summed E-state index contributed by atoms with van der Waals surface area (Å²) in [7, 11) is 1.72. The molecule has 2 unspecified atom stereocenters. The number of ether oxygens (including phenoxy) is 1. The van der Waals surface area contributed by atoms with Gasteiger partial charge in [-0.15, -0.1) is 24.0 Å². The summed E-state index contributed by atoms with van der Waals surface area (Å²) >= 11 is 0. The maximum absolute atomic E-state index is 5.03. The van der Waals surface area contributed by atoms with Crippen LogP contribution in [-0.2, 0) is 4.74 Å². The van der Waals surface area contributed by atoms with Crippen LogP contribution >= 0.6 is 24.0 Å². The van der Waals surface area contributed by atoms with Crippen LogP contribution in [-0.4, -0.2) is 39.3 Å². The molecule has 0 heterocycles. The van der Waals surface area contributed by atoms with Crippen LogP contribution in [0.3, 0.4) is 0 Å². The lowest BCUT2D eigenvalue weighted by molar-refractivity contribution is 0.203. The van der Waals surface area contributed by atoms with Crippen LogP contribution in [0.1, 0.15) is 39.5 Å². The molecule has 0 aromatic heterocycles. The van der Waals surface area contributed by atoms with Crippen molar-refractivity contribution in [3.63, 3.8) is 0 Å². The Kier molecular flexibility index (Phi) is 11.7. The van der Waals surface area contributed by atoms with E-state index in [9.17, 15) is 0 Å². The van der Waals surface area contributed by atoms with E-state index in [4.69, 9.17) is 4.74 Å². The Morgan fingerprint density at radius 1 is 1.32 bits per heavy atom. The number of nitrogens with one attached hydrogen (secondary N) is 2. The molecule has 2 N–H and O–H groups in total. The third-order valence-corrected chi connectivity index (χ3v) is 3.50. The molecule has 0 aromatic carbocycles. The lowest BCUT2D eigenvalue weighted by Gasteiger charge is -2.25. The van der Waals surface area contributed by atoms with Crippen LogP contribution < -0.4 is 10.6 Å². The fourth-order valence-corrected chi connectivity index (χ4v) is 2.56. The molecule has 1 fully saturated rings. The second-order valence-corrected chi connectivity index (χ2v) is 5.28. The van der Waals surface area contributed by atoms with Crippen molar-refractivity contribution >= 4 is 29.9 Å². The van der Waals surface area contributed by atoms with Gasteiger partial charge in [-0.05, 0) is 31.6 Å². The van der Waals surface area contributed by atoms with Gasteiger partial charge in [-0.1, -0.05) is 19.8 Å². The van der Waals surface area contributed by atoms with E-state index in [1.807, 2.05) is 0 Å². The first-order chi connectivity index (χ1) is 8.76. The van der Waals surface area contributed by atoms with Gasteiger partial charge in [-0.25, -0.2) is 0 Å². The van der Waals surface area contributed by atoms with Gasteiger partial charge in [0.25, 0.3) is 0 Å². The molecule has 0 aromatic rings. The first-order valence-electron chi connectivity index (χ1n) is 7.27. The van der Waals surface area contributed by atoms with Gasteiger partial charge in [-0.2, -0.15) is 0 Å². The van der Waals surface area contributed by atoms with E-state index in [0.717, 1.165) is 37.4 Å². The molecule has 1 saturated carbocycles. The summed E-state index contributed by atoms with van der Waals surface area (Å²) < 4.78 is 5.03. The topological polar surface area (TPSA) is 45.7 Å². The largest absolute Gasteiger partial charge is 0.383 e. The van der Waals surface area contributed by atoms with E-state index >= 15 is 0 Å². The molecule has 0 aliphatic heterocycles. The van der Waals surface area contributed by atoms with E-state index in [-0.39, 0.29) is 24.0 Å². The van der Waals surface area contributed by atoms with Crippen LogP contribution in [0.25, 0.3) is 0 Å². The normalized spacial score (nSPS) is 23.6. The van der Waals surface area contributed by atoms with Gasteiger partial charge in [0.05, 0.1) is 6.61 Å². The van der Waals surface area contributed by atoms with Crippen molar-refractivity contribution in [1.29, 1.82) is 0 Å². The number of hydrogen-bond acceptors (Lipinski definition) is 2. The van der Waals surface area contributed by atoms with Gasteiger partial charge in [0.15, 0.2) is 5.96 Å². The quantitative estimate of drug-likeness (QED) is 0.321. The highest BCUT2D eigenvalue weighted by Crippen LogP contribution is 2.28. The fraction of sp³-hybridized carbons (Fsp3) is 0.929. The Morgan fingerprint density at radius 2 is 2.11 bits per heavy atom. The summed E-state index contributed by atoms with van der Waals surface area (Å²) in [6.07, 6.45) is 5.44. The Labute approximate surface area is 135 Å². The monoisotopic (exact) mass is 383 g/mol. The van der Waals surface area contributed by atoms with Gasteiger partial charge in [0.2, 0.25) is 0 Å². The van der Waals surface area contributed by atoms with Gasteiger partial charge < -0.3 is 15.4 Å². The second kappa shape index (κ2) is 11.8. The van der Waals surface area contributed by atoms with E-state index in [2.05, 4.69) is 29.5 Å². The summed E-state index contributed by atoms with van der Waals surface area (Å²) in [6, 6.07) is 0. The Bertz CT molecular complexity index is 249. The average molecular weight is 383 g/mol. The maximum atomic E-state index is 5.03. The Morgan fingerprint density at radius 3 is 2.74 bits per heavy atom. The highest BCUT2D eigenvalue weighted by molar-refractivity contribution is 14.0. The minimum atomic E-state index is 0. The number of hydrogen-bond donors (Lipinski definition) is 2. The second-order valence-electron chi connectivity index (χ2n) is 5.28. The summed E-state index contributed by atoms with van der Waals surface area (Å²) in [4.78, 5) is 4.68. The summed E-state index contributed by atoms with van der Waals surface area (Å²) in [5, 5.41) is 6.56. The van der Waals surface area contributed by atoms with Crippen molar-refractivity contribution in [2.75, 3.05) is 33.4 Å². The number of aliphatic imine (C=N–C) groups is 1. The standard InChI is InChI=1S/C14H29N3O.HI/c1-4-15-14(16-8-9-18-3)17-11-13-7-5-6-12(2)10-13;/h12-13H,4-11H2,1-3H3,(H2,15,16,17);1H. The molecule has 0 bridgehead atoms. The van der Waals surface area contributed by atoms with Crippen molar-refractivity contribution in [2.45, 2.75) is 39.5 Å². The summed E-state index contributed by atoms with van der Waals surface area (Å²) in [5.41, 5.74) is 0. The number of halogens is 1. The molecule has 1 aliphatic carbocycles. The van der Waals surface area contributed by atoms with Crippen molar-refractivity contribution < 1.29 is 4.74 Å². The predicted octanol–water partition coefficient (Wildman–Crippen LogP) is 2.63. The molecule has 1 rings (SSSR count). The van der Waals surface area contributed by atoms with Crippen molar-refractivity contribution in [3.05, 3.63) is 0 Å². The number of nitrogens with zero attached hydrogens (tertiary/aromatic N) is 1. The SMILES string of the molecule is CCNC(=NCC1CCCC(C)C1)NCCOC.I. The average Bonchev–Trinajstić information content (AvgIpc) is 2.36. The lowest BCUT2D eigenvalue weighted by atomic mass is 9.82. The Balaban J connectivity index is 0.00000324. The molecule has 1 aliphatic rings. The van der Waals surface area contributed by atoms with E-state index in [1.54, 1.807) is 7.11 Å². The number of rotatable bonds is 6. The van der Waals surface area contributed by atoms with Crippen LogP contribution in [0, 0.1) is 11.8 Å². The smallest absolute Gasteiger partial charge is 0.191 e. The zero-order chi connectivity index (χ0) is 13.2. The zero-order valence-corrected chi connectivity index (χ0v) is 14.9. The molecule has 4 nitrogen and oxygen atoms in total. The summed E-state index contributed by atoms with van der Waals surface area (Å²) in [6.45, 7) is 7.83. The lowest BCUT2D eigenvalue weighted by Crippen LogP contribution is -2.39. The van der Waals surface area contributed by atoms with Gasteiger partial charge in [-0.3, -0.25) is 4.99 Å². The van der Waals surface area contributed by atoms with E-state index in [1.165, 1.54) is 25.7 Å². The Hall–Kier alpha value is -0.0400. The molecule has 0 radical (unpaired) electrons. The van der Waals surface area contributed by atoms with Crippen LogP contribution in [0.4, 0.5) is 0 Å². The fourth-order valence-electron chi connectivity index (χ4n) is 2.56. The molecule has 0 spiro atoms. The molecular weight excluding hydrogens is 353 g/mol. The molecule has 0 amide bonds. The van der Waals surface area contributed by atoms with Crippen LogP contribution in [0.15, 0.2) is 4.99 Å². The molecule has 19 heavy (non-hydrogen) atoms. The van der Waals surface area contributed by atoms with E-state index in [0.29, 0.717) is 6.61 Å². The predicted molar refractivity (Wildman–Crippen MR) is 92.4 cm³/mol. The van der Waals surface area contributed by atoms with Crippen molar-refractivity contribution in [3.8, 4) is 0 Å². The van der Waals surface area contributed by atoms with Gasteiger partial charge in [0, 0.05) is 26.7 Å². The molecule has 114 valence electrons. The minimum Gasteiger partial charge on any atom is -0.383 e. The van der Waals surface area contributed by atoms with Crippen molar-refractivity contribution in [2.24, 2.45) is 16.8 Å². The molecular formula is C14H30IN3O. The first kappa shape index (κ1) is 19.0.